The fourth-order valence-electron chi connectivity index (χ4n) is 4.20. The molecule has 1 spiro atoms. The fourth-order valence-corrected chi connectivity index (χ4v) is 4.20. The molecule has 2 aliphatic rings. The molecule has 3 heterocycles. The van der Waals surface area contributed by atoms with Crippen molar-refractivity contribution in [1.82, 2.24) is 19.4 Å². The molecule has 1 aromatic heterocycles. The van der Waals surface area contributed by atoms with Crippen LogP contribution in [0, 0.1) is 5.92 Å². The second-order valence-electron chi connectivity index (χ2n) is 7.99. The number of rotatable bonds is 5. The van der Waals surface area contributed by atoms with E-state index in [1.165, 1.54) is 0 Å². The van der Waals surface area contributed by atoms with E-state index in [0.29, 0.717) is 57.9 Å². The number of ether oxygens (including phenoxy) is 1. The molecule has 7 heteroatoms. The fraction of sp³-hybridized carbons (Fsp3) is 0.750. The third-order valence-corrected chi connectivity index (χ3v) is 5.71. The van der Waals surface area contributed by atoms with E-state index in [1.54, 1.807) is 6.20 Å². The minimum atomic E-state index is -0.580. The van der Waals surface area contributed by atoms with Crippen LogP contribution in [-0.2, 0) is 26.5 Å². The zero-order chi connectivity index (χ0) is 19.6. The number of likely N-dealkylation sites (tertiary alicyclic amines) is 1. The number of aromatic nitrogens is 2. The Kier molecular flexibility index (Phi) is 5.89. The van der Waals surface area contributed by atoms with Crippen molar-refractivity contribution in [3.8, 4) is 0 Å². The number of piperidine rings is 1. The van der Waals surface area contributed by atoms with E-state index >= 15 is 0 Å². The molecule has 1 saturated heterocycles. The maximum Gasteiger partial charge on any atom is 0.253 e. The van der Waals surface area contributed by atoms with Crippen molar-refractivity contribution >= 4 is 11.8 Å². The van der Waals surface area contributed by atoms with Crippen LogP contribution < -0.4 is 0 Å². The van der Waals surface area contributed by atoms with Gasteiger partial charge >= 0.3 is 0 Å². The summed E-state index contributed by atoms with van der Waals surface area (Å²) in [7, 11) is 0. The van der Waals surface area contributed by atoms with Crippen LogP contribution in [0.4, 0.5) is 0 Å². The van der Waals surface area contributed by atoms with Crippen molar-refractivity contribution < 1.29 is 14.3 Å². The summed E-state index contributed by atoms with van der Waals surface area (Å²) in [5, 5.41) is 0. The summed E-state index contributed by atoms with van der Waals surface area (Å²) >= 11 is 0. The first-order valence-electron chi connectivity index (χ1n) is 10.2. The molecule has 1 aromatic rings. The molecule has 1 unspecified atom stereocenters. The summed E-state index contributed by atoms with van der Waals surface area (Å²) in [5.41, 5.74) is -0.580. The number of hydrogen-bond donors (Lipinski definition) is 0. The molecule has 0 bridgehead atoms. The number of amides is 2. The van der Waals surface area contributed by atoms with Crippen molar-refractivity contribution in [3.63, 3.8) is 0 Å². The van der Waals surface area contributed by atoms with Gasteiger partial charge in [0.05, 0.1) is 6.54 Å². The predicted octanol–water partition coefficient (Wildman–Crippen LogP) is 2.01. The molecule has 7 nitrogen and oxygen atoms in total. The van der Waals surface area contributed by atoms with E-state index in [1.807, 2.05) is 29.8 Å². The Balaban J connectivity index is 1.77. The van der Waals surface area contributed by atoms with Crippen molar-refractivity contribution in [3.05, 3.63) is 18.2 Å². The van der Waals surface area contributed by atoms with E-state index in [2.05, 4.69) is 23.4 Å². The van der Waals surface area contributed by atoms with Gasteiger partial charge in [-0.15, -0.1) is 0 Å². The van der Waals surface area contributed by atoms with Gasteiger partial charge in [0.15, 0.2) is 6.10 Å². The Bertz CT molecular complexity index is 673. The van der Waals surface area contributed by atoms with Gasteiger partial charge in [-0.25, -0.2) is 4.98 Å². The lowest BCUT2D eigenvalue weighted by Gasteiger charge is -2.46. The van der Waals surface area contributed by atoms with E-state index in [-0.39, 0.29) is 11.8 Å². The average molecular weight is 377 g/mol. The van der Waals surface area contributed by atoms with Crippen molar-refractivity contribution in [2.75, 3.05) is 26.2 Å². The molecular formula is C20H32N4O3. The quantitative estimate of drug-likeness (QED) is 0.788. The van der Waals surface area contributed by atoms with Gasteiger partial charge in [-0.2, -0.15) is 0 Å². The van der Waals surface area contributed by atoms with Gasteiger partial charge < -0.3 is 19.1 Å². The zero-order valence-electron chi connectivity index (χ0n) is 17.0. The van der Waals surface area contributed by atoms with E-state index in [4.69, 9.17) is 4.74 Å². The molecule has 0 aromatic carbocycles. The monoisotopic (exact) mass is 376 g/mol. The normalized spacial score (nSPS) is 21.4. The maximum atomic E-state index is 12.9. The predicted molar refractivity (Wildman–Crippen MR) is 102 cm³/mol. The minimum Gasteiger partial charge on any atom is -0.352 e. The van der Waals surface area contributed by atoms with Crippen LogP contribution in [0.25, 0.3) is 0 Å². The van der Waals surface area contributed by atoms with Crippen molar-refractivity contribution in [2.45, 2.75) is 65.2 Å². The summed E-state index contributed by atoms with van der Waals surface area (Å²) in [6, 6.07) is 0. The van der Waals surface area contributed by atoms with Gasteiger partial charge in [0.1, 0.15) is 11.4 Å². The summed E-state index contributed by atoms with van der Waals surface area (Å²) in [6.45, 7) is 11.2. The SMILES string of the molecule is CCN(CC)C(=O)C1Cn2ccnc2C2(CCN(C(=O)CC(C)C)CC2)O1. The summed E-state index contributed by atoms with van der Waals surface area (Å²) in [6.07, 6.45) is 5.14. The van der Waals surface area contributed by atoms with Crippen LogP contribution in [0.2, 0.25) is 0 Å². The minimum absolute atomic E-state index is 0.0389. The molecule has 1 atom stereocenters. The van der Waals surface area contributed by atoms with Gasteiger partial charge in [0.25, 0.3) is 5.91 Å². The molecule has 3 rings (SSSR count). The number of nitrogens with zero attached hydrogens (tertiary/aromatic N) is 4. The third-order valence-electron chi connectivity index (χ3n) is 5.71. The van der Waals surface area contributed by atoms with Gasteiger partial charge in [-0.3, -0.25) is 9.59 Å². The largest absolute Gasteiger partial charge is 0.352 e. The molecule has 0 radical (unpaired) electrons. The summed E-state index contributed by atoms with van der Waals surface area (Å²) < 4.78 is 8.50. The Hall–Kier alpha value is -1.89. The van der Waals surface area contributed by atoms with E-state index < -0.39 is 11.7 Å². The number of carbonyl (C=O) groups excluding carboxylic acids is 2. The number of carbonyl (C=O) groups is 2. The first-order chi connectivity index (χ1) is 12.9. The molecule has 2 aliphatic heterocycles. The zero-order valence-corrected chi connectivity index (χ0v) is 17.0. The van der Waals surface area contributed by atoms with Gasteiger partial charge in [-0.1, -0.05) is 13.8 Å². The summed E-state index contributed by atoms with van der Waals surface area (Å²) in [5.74, 6) is 1.49. The molecular weight excluding hydrogens is 344 g/mol. The van der Waals surface area contributed by atoms with Crippen LogP contribution in [-0.4, -0.2) is 63.4 Å². The van der Waals surface area contributed by atoms with Crippen LogP contribution in [0.5, 0.6) is 0 Å². The maximum absolute atomic E-state index is 12.9. The Morgan fingerprint density at radius 3 is 2.56 bits per heavy atom. The highest BCUT2D eigenvalue weighted by Gasteiger charge is 2.48. The van der Waals surface area contributed by atoms with Gasteiger partial charge in [0, 0.05) is 57.8 Å². The highest BCUT2D eigenvalue weighted by Crippen LogP contribution is 2.40. The Labute approximate surface area is 161 Å². The van der Waals surface area contributed by atoms with Crippen LogP contribution >= 0.6 is 0 Å². The molecule has 1 fully saturated rings. The van der Waals surface area contributed by atoms with Crippen LogP contribution in [0.1, 0.15) is 52.8 Å². The highest BCUT2D eigenvalue weighted by molar-refractivity contribution is 5.81. The van der Waals surface area contributed by atoms with Crippen LogP contribution in [0.15, 0.2) is 12.4 Å². The lowest BCUT2D eigenvalue weighted by Crippen LogP contribution is -2.55. The smallest absolute Gasteiger partial charge is 0.253 e. The van der Waals surface area contributed by atoms with Gasteiger partial charge in [-0.05, 0) is 19.8 Å². The molecule has 2 amide bonds. The lowest BCUT2D eigenvalue weighted by atomic mass is 9.88. The van der Waals surface area contributed by atoms with E-state index in [0.717, 1.165) is 5.82 Å². The standard InChI is InChI=1S/C20H32N4O3/c1-5-22(6-2)18(26)16-14-24-12-9-21-19(24)20(27-16)7-10-23(11-8-20)17(25)13-15(3)4/h9,12,15-16H,5-8,10-11,13-14H2,1-4H3. The summed E-state index contributed by atoms with van der Waals surface area (Å²) in [4.78, 5) is 33.6. The van der Waals surface area contributed by atoms with Crippen LogP contribution in [0.3, 0.4) is 0 Å². The number of likely N-dealkylation sites (N-methyl/N-ethyl adjacent to an activating group) is 1. The average Bonchev–Trinajstić information content (AvgIpc) is 3.12. The number of hydrogen-bond acceptors (Lipinski definition) is 4. The Morgan fingerprint density at radius 2 is 1.96 bits per heavy atom. The Morgan fingerprint density at radius 1 is 1.30 bits per heavy atom. The van der Waals surface area contributed by atoms with Crippen molar-refractivity contribution in [1.29, 1.82) is 0 Å². The van der Waals surface area contributed by atoms with Gasteiger partial charge in [0.2, 0.25) is 5.91 Å². The molecule has 0 aliphatic carbocycles. The third kappa shape index (κ3) is 3.88. The van der Waals surface area contributed by atoms with E-state index in [9.17, 15) is 9.59 Å². The second-order valence-corrected chi connectivity index (χ2v) is 7.99. The molecule has 27 heavy (non-hydrogen) atoms. The lowest BCUT2D eigenvalue weighted by molar-refractivity contribution is -0.182. The molecule has 0 N–H and O–H groups in total. The second kappa shape index (κ2) is 8.00. The first kappa shape index (κ1) is 19.9. The number of imidazole rings is 1. The number of fused-ring (bicyclic) bond motifs is 2. The first-order valence-corrected chi connectivity index (χ1v) is 10.2. The highest BCUT2D eigenvalue weighted by atomic mass is 16.5. The van der Waals surface area contributed by atoms with Crippen molar-refractivity contribution in [2.24, 2.45) is 5.92 Å². The topological polar surface area (TPSA) is 67.7 Å². The molecule has 150 valence electrons. The molecule has 0 saturated carbocycles.